The molecule has 0 bridgehead atoms. The van der Waals surface area contributed by atoms with Gasteiger partial charge >= 0.3 is 0 Å². The fraction of sp³-hybridized carbons (Fsp3) is 0.368. The lowest BCUT2D eigenvalue weighted by Crippen LogP contribution is -2.34. The number of nitrogens with one attached hydrogen (secondary N) is 1. The van der Waals surface area contributed by atoms with Crippen LogP contribution in [0.1, 0.15) is 36.9 Å². The van der Waals surface area contributed by atoms with Crippen molar-refractivity contribution < 1.29 is 14.3 Å². The van der Waals surface area contributed by atoms with E-state index in [0.29, 0.717) is 12.2 Å². The first kappa shape index (κ1) is 15.0. The summed E-state index contributed by atoms with van der Waals surface area (Å²) in [4.78, 5) is 16.4. The molecule has 0 atom stereocenters. The minimum atomic E-state index is -0.474. The van der Waals surface area contributed by atoms with Crippen molar-refractivity contribution in [2.24, 2.45) is 0 Å². The quantitative estimate of drug-likeness (QED) is 0.937. The molecule has 1 aliphatic heterocycles. The maximum atomic E-state index is 12.2. The summed E-state index contributed by atoms with van der Waals surface area (Å²) in [5.41, 5.74) is 2.55. The van der Waals surface area contributed by atoms with Crippen LogP contribution in [0, 0.1) is 6.92 Å². The van der Waals surface area contributed by atoms with Crippen LogP contribution >= 0.6 is 0 Å². The van der Waals surface area contributed by atoms with Gasteiger partial charge in [-0.3, -0.25) is 9.78 Å². The summed E-state index contributed by atoms with van der Waals surface area (Å²) >= 11 is 0. The number of rotatable bonds is 3. The van der Waals surface area contributed by atoms with Crippen molar-refractivity contribution >= 4 is 11.6 Å². The number of anilines is 1. The summed E-state index contributed by atoms with van der Waals surface area (Å²) in [5.74, 6) is 0.929. The van der Waals surface area contributed by atoms with Gasteiger partial charge in [0.15, 0.2) is 11.5 Å². The highest BCUT2D eigenvalue weighted by atomic mass is 16.7. The fourth-order valence-electron chi connectivity index (χ4n) is 3.28. The summed E-state index contributed by atoms with van der Waals surface area (Å²) < 4.78 is 12.0. The van der Waals surface area contributed by atoms with E-state index in [0.717, 1.165) is 48.4 Å². The van der Waals surface area contributed by atoms with Crippen LogP contribution in [0.15, 0.2) is 36.5 Å². The van der Waals surface area contributed by atoms with Gasteiger partial charge in [0.2, 0.25) is 5.91 Å². The standard InChI is InChI=1S/C19H20N2O3/c1-13-4-5-14(12-20-13)10-18(22)21-15-6-7-16-17(11-15)24-19(23-16)8-2-3-9-19/h4-7,11-12H,2-3,8-10H2,1H3,(H,21,22). The molecular formula is C19H20N2O3. The molecule has 2 aliphatic rings. The third kappa shape index (κ3) is 2.94. The normalized spacial score (nSPS) is 17.2. The Kier molecular flexibility index (Phi) is 3.63. The molecule has 1 aromatic heterocycles. The van der Waals surface area contributed by atoms with Gasteiger partial charge in [0.25, 0.3) is 5.79 Å². The Balaban J connectivity index is 1.43. The largest absolute Gasteiger partial charge is 0.448 e. The van der Waals surface area contributed by atoms with Crippen molar-refractivity contribution in [3.8, 4) is 11.5 Å². The number of carbonyl (C=O) groups excluding carboxylic acids is 1. The number of fused-ring (bicyclic) bond motifs is 1. The molecule has 1 aromatic carbocycles. The lowest BCUT2D eigenvalue weighted by Gasteiger charge is -2.21. The minimum Gasteiger partial charge on any atom is -0.448 e. The van der Waals surface area contributed by atoms with Crippen LogP contribution < -0.4 is 14.8 Å². The highest BCUT2D eigenvalue weighted by molar-refractivity contribution is 5.92. The van der Waals surface area contributed by atoms with E-state index in [-0.39, 0.29) is 5.91 Å². The van der Waals surface area contributed by atoms with Crippen molar-refractivity contribution in [1.29, 1.82) is 0 Å². The SMILES string of the molecule is Cc1ccc(CC(=O)Nc2ccc3c(c2)OC2(CCCC2)O3)cn1. The average Bonchev–Trinajstić information content (AvgIpc) is 3.15. The zero-order valence-electron chi connectivity index (χ0n) is 13.7. The molecule has 124 valence electrons. The molecule has 1 N–H and O–H groups in total. The Morgan fingerprint density at radius 2 is 1.96 bits per heavy atom. The molecule has 2 aromatic rings. The summed E-state index contributed by atoms with van der Waals surface area (Å²) in [6.45, 7) is 1.92. The fourth-order valence-corrected chi connectivity index (χ4v) is 3.28. The molecule has 1 fully saturated rings. The highest BCUT2D eigenvalue weighted by Gasteiger charge is 2.44. The molecule has 2 heterocycles. The van der Waals surface area contributed by atoms with Gasteiger partial charge < -0.3 is 14.8 Å². The topological polar surface area (TPSA) is 60.5 Å². The summed E-state index contributed by atoms with van der Waals surface area (Å²) in [5, 5.41) is 2.91. The maximum Gasteiger partial charge on any atom is 0.251 e. The zero-order chi connectivity index (χ0) is 16.6. The van der Waals surface area contributed by atoms with Gasteiger partial charge in [0.05, 0.1) is 6.42 Å². The van der Waals surface area contributed by atoms with E-state index >= 15 is 0 Å². The molecule has 0 radical (unpaired) electrons. The number of pyridine rings is 1. The molecular weight excluding hydrogens is 304 g/mol. The third-order valence-corrected chi connectivity index (χ3v) is 4.52. The van der Waals surface area contributed by atoms with E-state index in [4.69, 9.17) is 9.47 Å². The van der Waals surface area contributed by atoms with Crippen LogP contribution in [0.2, 0.25) is 0 Å². The van der Waals surface area contributed by atoms with E-state index in [1.807, 2.05) is 37.3 Å². The van der Waals surface area contributed by atoms with Gasteiger partial charge in [-0.2, -0.15) is 0 Å². The van der Waals surface area contributed by atoms with Crippen molar-refractivity contribution in [3.63, 3.8) is 0 Å². The lowest BCUT2D eigenvalue weighted by molar-refractivity contribution is -0.115. The predicted molar refractivity (Wildman–Crippen MR) is 90.2 cm³/mol. The van der Waals surface area contributed by atoms with Gasteiger partial charge in [-0.05, 0) is 43.5 Å². The van der Waals surface area contributed by atoms with Gasteiger partial charge in [-0.25, -0.2) is 0 Å². The number of nitrogens with zero attached hydrogens (tertiary/aromatic N) is 1. The molecule has 1 aliphatic carbocycles. The second-order valence-electron chi connectivity index (χ2n) is 6.52. The predicted octanol–water partition coefficient (Wildman–Crippen LogP) is 3.61. The van der Waals surface area contributed by atoms with Crippen molar-refractivity contribution in [3.05, 3.63) is 47.8 Å². The molecule has 24 heavy (non-hydrogen) atoms. The van der Waals surface area contributed by atoms with Gasteiger partial charge in [0.1, 0.15) is 0 Å². The monoisotopic (exact) mass is 324 g/mol. The molecule has 0 saturated heterocycles. The van der Waals surface area contributed by atoms with Gasteiger partial charge in [0, 0.05) is 36.5 Å². The summed E-state index contributed by atoms with van der Waals surface area (Å²) in [6, 6.07) is 9.39. The Bertz CT molecular complexity index is 765. The molecule has 1 saturated carbocycles. The number of hydrogen-bond donors (Lipinski definition) is 1. The van der Waals surface area contributed by atoms with Crippen LogP contribution in [0.4, 0.5) is 5.69 Å². The number of amides is 1. The van der Waals surface area contributed by atoms with Crippen LogP contribution in [-0.4, -0.2) is 16.7 Å². The van der Waals surface area contributed by atoms with Crippen LogP contribution in [-0.2, 0) is 11.2 Å². The van der Waals surface area contributed by atoms with Gasteiger partial charge in [-0.1, -0.05) is 6.07 Å². The Morgan fingerprint density at radius 3 is 2.71 bits per heavy atom. The van der Waals surface area contributed by atoms with Crippen LogP contribution in [0.3, 0.4) is 0 Å². The molecule has 5 nitrogen and oxygen atoms in total. The van der Waals surface area contributed by atoms with Crippen LogP contribution in [0.25, 0.3) is 0 Å². The number of hydrogen-bond acceptors (Lipinski definition) is 4. The van der Waals surface area contributed by atoms with Crippen molar-refractivity contribution in [2.45, 2.75) is 44.8 Å². The number of aryl methyl sites for hydroxylation is 1. The molecule has 4 rings (SSSR count). The van der Waals surface area contributed by atoms with Gasteiger partial charge in [-0.15, -0.1) is 0 Å². The van der Waals surface area contributed by atoms with Crippen LogP contribution in [0.5, 0.6) is 11.5 Å². The second kappa shape index (κ2) is 5.82. The molecule has 1 amide bonds. The number of carbonyl (C=O) groups is 1. The Labute approximate surface area is 141 Å². The van der Waals surface area contributed by atoms with E-state index in [1.54, 1.807) is 6.20 Å². The van der Waals surface area contributed by atoms with E-state index in [2.05, 4.69) is 10.3 Å². The maximum absolute atomic E-state index is 12.2. The summed E-state index contributed by atoms with van der Waals surface area (Å²) in [7, 11) is 0. The number of ether oxygens (including phenoxy) is 2. The first-order valence-corrected chi connectivity index (χ1v) is 8.35. The Morgan fingerprint density at radius 1 is 1.17 bits per heavy atom. The summed E-state index contributed by atoms with van der Waals surface area (Å²) in [6.07, 6.45) is 6.13. The van der Waals surface area contributed by atoms with E-state index in [9.17, 15) is 4.79 Å². The Hall–Kier alpha value is -2.56. The minimum absolute atomic E-state index is 0.0740. The smallest absolute Gasteiger partial charge is 0.251 e. The number of aromatic nitrogens is 1. The lowest BCUT2D eigenvalue weighted by atomic mass is 10.2. The van der Waals surface area contributed by atoms with Crippen molar-refractivity contribution in [2.75, 3.05) is 5.32 Å². The molecule has 1 spiro atoms. The van der Waals surface area contributed by atoms with Crippen molar-refractivity contribution in [1.82, 2.24) is 4.98 Å². The third-order valence-electron chi connectivity index (χ3n) is 4.52. The first-order chi connectivity index (χ1) is 11.6. The van der Waals surface area contributed by atoms with E-state index < -0.39 is 5.79 Å². The highest BCUT2D eigenvalue weighted by Crippen LogP contribution is 2.47. The number of benzene rings is 1. The molecule has 5 heteroatoms. The van der Waals surface area contributed by atoms with E-state index in [1.165, 1.54) is 0 Å². The average molecular weight is 324 g/mol. The zero-order valence-corrected chi connectivity index (χ0v) is 13.7. The first-order valence-electron chi connectivity index (χ1n) is 8.35. The second-order valence-corrected chi connectivity index (χ2v) is 6.52. The molecule has 0 unspecified atom stereocenters.